The summed E-state index contributed by atoms with van der Waals surface area (Å²) in [5.74, 6) is 0. The molecule has 1 aliphatic carbocycles. The number of rotatable bonds is 3. The van der Waals surface area contributed by atoms with Gasteiger partial charge in [0.1, 0.15) is 0 Å². The maximum Gasteiger partial charge on any atom is -1.00 e. The van der Waals surface area contributed by atoms with Gasteiger partial charge in [0.25, 0.3) is 0 Å². The maximum absolute atomic E-state index is 2.58. The van der Waals surface area contributed by atoms with E-state index in [1.54, 1.807) is 14.6 Å². The first-order chi connectivity index (χ1) is 12.1. The number of hydrogen-bond acceptors (Lipinski definition) is 0. The molecule has 0 bridgehead atoms. The van der Waals surface area contributed by atoms with Crippen LogP contribution in [0.4, 0.5) is 0 Å². The molecule has 0 nitrogen and oxygen atoms in total. The molecule has 0 radical (unpaired) electrons. The fourth-order valence-electron chi connectivity index (χ4n) is 4.81. The van der Waals surface area contributed by atoms with Crippen molar-refractivity contribution in [3.8, 4) is 0 Å². The Kier molecular flexibility index (Phi) is 10.3. The van der Waals surface area contributed by atoms with Gasteiger partial charge in [0.2, 0.25) is 0 Å². The minimum Gasteiger partial charge on any atom is -1.00 e. The van der Waals surface area contributed by atoms with Crippen LogP contribution in [-0.2, 0) is 20.4 Å². The standard InChI is InChI=1S/C24H29Si.3ClH.Ti/c1-17-13-18(2)15-23(14-17)25(7,22-11-9-8-10-12-22)24(6)16-19(3)20(4)21(24)5;;;;/h8-15H,1-7H3;3*1H;/q;;;;+3/p-3. The van der Waals surface area contributed by atoms with Crippen molar-refractivity contribution >= 4 is 18.4 Å². The summed E-state index contributed by atoms with van der Waals surface area (Å²) in [7, 11) is -2.08. The number of aryl methyl sites for hydroxylation is 2. The van der Waals surface area contributed by atoms with E-state index in [1.165, 1.54) is 27.5 Å². The first kappa shape index (κ1) is 28.7. The molecule has 2 atom stereocenters. The second-order valence-corrected chi connectivity index (χ2v) is 13.4. The Hall–Kier alpha value is -0.279. The molecule has 0 aliphatic heterocycles. The quantitative estimate of drug-likeness (QED) is 0.384. The Balaban J connectivity index is 0.00000261. The van der Waals surface area contributed by atoms with Crippen LogP contribution in [0.5, 0.6) is 0 Å². The van der Waals surface area contributed by atoms with Gasteiger partial charge in [-0.25, -0.2) is 0 Å². The molecular weight excluding hydrogens is 471 g/mol. The van der Waals surface area contributed by atoms with Crippen LogP contribution in [-0.4, -0.2) is 8.07 Å². The fraction of sp³-hybridized carbons (Fsp3) is 0.333. The zero-order valence-corrected chi connectivity index (χ0v) is 23.1. The number of hydrogen-bond donors (Lipinski definition) is 0. The van der Waals surface area contributed by atoms with Crippen molar-refractivity contribution < 1.29 is 57.7 Å². The van der Waals surface area contributed by atoms with Crippen LogP contribution in [0, 0.1) is 13.8 Å². The van der Waals surface area contributed by atoms with Crippen molar-refractivity contribution in [2.75, 3.05) is 0 Å². The average molecular weight is 500 g/mol. The molecule has 0 saturated heterocycles. The molecule has 0 fully saturated rings. The van der Waals surface area contributed by atoms with Crippen molar-refractivity contribution in [1.29, 1.82) is 0 Å². The molecule has 2 unspecified atom stereocenters. The van der Waals surface area contributed by atoms with Gasteiger partial charge in [0.15, 0.2) is 0 Å². The van der Waals surface area contributed by atoms with Crippen molar-refractivity contribution in [3.05, 3.63) is 80.3 Å². The van der Waals surface area contributed by atoms with Crippen molar-refractivity contribution in [3.63, 3.8) is 0 Å². The van der Waals surface area contributed by atoms with Crippen LogP contribution in [0.25, 0.3) is 0 Å². The summed E-state index contributed by atoms with van der Waals surface area (Å²) in [6, 6.07) is 18.5. The molecule has 0 spiro atoms. The monoisotopic (exact) mass is 498 g/mol. The summed E-state index contributed by atoms with van der Waals surface area (Å²) >= 11 is 2.37. The molecule has 1 aliphatic rings. The molecule has 154 valence electrons. The second-order valence-electron chi connectivity index (χ2n) is 8.24. The van der Waals surface area contributed by atoms with Crippen LogP contribution in [0.3, 0.4) is 0 Å². The normalized spacial score (nSPS) is 20.4. The van der Waals surface area contributed by atoms with Gasteiger partial charge in [-0.1, -0.05) is 0 Å². The molecule has 0 heterocycles. The molecule has 2 aromatic rings. The second kappa shape index (κ2) is 10.4. The zero-order valence-electron chi connectivity index (χ0n) is 18.3. The average Bonchev–Trinajstić information content (AvgIpc) is 2.77. The summed E-state index contributed by atoms with van der Waals surface area (Å²) < 4.78 is 1.56. The van der Waals surface area contributed by atoms with Gasteiger partial charge in [0, 0.05) is 0 Å². The van der Waals surface area contributed by atoms with E-state index < -0.39 is 8.07 Å². The van der Waals surface area contributed by atoms with Gasteiger partial charge >= 0.3 is 172 Å². The predicted octanol–water partition coefficient (Wildman–Crippen LogP) is -3.56. The van der Waals surface area contributed by atoms with Crippen LogP contribution < -0.4 is 47.6 Å². The molecule has 5 heteroatoms. The molecule has 2 aromatic carbocycles. The molecule has 0 N–H and O–H groups in total. The van der Waals surface area contributed by atoms with E-state index in [2.05, 4.69) is 117 Å². The van der Waals surface area contributed by atoms with Gasteiger partial charge < -0.3 is 37.2 Å². The van der Waals surface area contributed by atoms with Crippen molar-refractivity contribution in [2.24, 2.45) is 0 Å². The van der Waals surface area contributed by atoms with E-state index in [0.29, 0.717) is 0 Å². The van der Waals surface area contributed by atoms with Crippen LogP contribution in [0.15, 0.2) is 69.1 Å². The van der Waals surface area contributed by atoms with Gasteiger partial charge in [-0.15, -0.1) is 0 Å². The first-order valence-corrected chi connectivity index (χ1v) is 12.7. The van der Waals surface area contributed by atoms with Crippen LogP contribution in [0.2, 0.25) is 11.6 Å². The summed E-state index contributed by atoms with van der Waals surface area (Å²) in [5, 5.41) is 3.17. The molecule has 0 amide bonds. The zero-order chi connectivity index (χ0) is 19.3. The van der Waals surface area contributed by atoms with E-state index in [1.807, 2.05) is 0 Å². The largest absolute Gasteiger partial charge is 1.00 e. The summed E-state index contributed by atoms with van der Waals surface area (Å²) in [6.07, 6.45) is 0. The van der Waals surface area contributed by atoms with E-state index in [0.717, 1.165) is 0 Å². The van der Waals surface area contributed by atoms with Crippen molar-refractivity contribution in [1.82, 2.24) is 0 Å². The fourth-order valence-corrected chi connectivity index (χ4v) is 11.6. The summed E-state index contributed by atoms with van der Waals surface area (Å²) in [5.41, 5.74) is 7.28. The van der Waals surface area contributed by atoms with E-state index in [-0.39, 0.29) is 42.3 Å². The summed E-state index contributed by atoms with van der Waals surface area (Å²) in [6.45, 7) is 16.5. The topological polar surface area (TPSA) is 0 Å². The third kappa shape index (κ3) is 4.38. The Morgan fingerprint density at radius 1 is 0.724 bits per heavy atom. The molecule has 3 rings (SSSR count). The van der Waals surface area contributed by atoms with E-state index in [9.17, 15) is 0 Å². The number of halogens is 3. The Morgan fingerprint density at radius 3 is 1.62 bits per heavy atom. The van der Waals surface area contributed by atoms with Crippen LogP contribution in [0.1, 0.15) is 38.8 Å². The SMILES string of the molecule is CC1=C(C)C(C)([Si](C)(c2ccccc2)c2cc(C)cc(C)c2)[C]([Ti+3])=C1C.[Cl-].[Cl-].[Cl-]. The third-order valence-electron chi connectivity index (χ3n) is 6.90. The third-order valence-corrected chi connectivity index (χ3v) is 14.2. The Labute approximate surface area is 208 Å². The van der Waals surface area contributed by atoms with Gasteiger partial charge in [-0.05, 0) is 0 Å². The predicted molar refractivity (Wildman–Crippen MR) is 113 cm³/mol. The molecule has 29 heavy (non-hydrogen) atoms. The maximum atomic E-state index is 2.58. The Morgan fingerprint density at radius 2 is 1.21 bits per heavy atom. The minimum absolute atomic E-state index is 0. The van der Waals surface area contributed by atoms with Gasteiger partial charge in [-0.3, -0.25) is 0 Å². The number of allylic oxidation sites excluding steroid dienone is 4. The Bertz CT molecular complexity index is 890. The number of benzene rings is 2. The van der Waals surface area contributed by atoms with E-state index in [4.69, 9.17) is 0 Å². The minimum atomic E-state index is -2.08. The van der Waals surface area contributed by atoms with Gasteiger partial charge in [-0.2, -0.15) is 0 Å². The van der Waals surface area contributed by atoms with Crippen LogP contribution >= 0.6 is 0 Å². The van der Waals surface area contributed by atoms with Crippen molar-refractivity contribution in [2.45, 2.75) is 53.1 Å². The molecular formula is C24H29Cl3SiTi. The molecule has 0 saturated carbocycles. The van der Waals surface area contributed by atoms with Gasteiger partial charge in [0.05, 0.1) is 0 Å². The molecule has 0 aromatic heterocycles. The smallest absolute Gasteiger partial charge is 1.00 e. The van der Waals surface area contributed by atoms with E-state index >= 15 is 0 Å². The summed E-state index contributed by atoms with van der Waals surface area (Å²) in [4.78, 5) is 0. The first-order valence-electron chi connectivity index (χ1n) is 9.39.